The van der Waals surface area contributed by atoms with Gasteiger partial charge in [0, 0.05) is 32.5 Å². The quantitative estimate of drug-likeness (QED) is 0.468. The van der Waals surface area contributed by atoms with Crippen molar-refractivity contribution < 1.29 is 4.48 Å². The number of nitrogens with two attached hydrogens (primary N) is 1. The van der Waals surface area contributed by atoms with E-state index in [1.165, 1.54) is 12.8 Å². The van der Waals surface area contributed by atoms with Crippen molar-refractivity contribution in [2.75, 3.05) is 94.9 Å². The van der Waals surface area contributed by atoms with Gasteiger partial charge in [-0.25, -0.2) is 4.90 Å². The molecule has 1 aliphatic heterocycles. The van der Waals surface area contributed by atoms with Crippen LogP contribution >= 0.6 is 0 Å². The minimum absolute atomic E-state index is 0.104. The summed E-state index contributed by atoms with van der Waals surface area (Å²) in [5, 5.41) is 3.65. The predicted octanol–water partition coefficient (Wildman–Crippen LogP) is -0.279. The highest BCUT2D eigenvalue weighted by molar-refractivity contribution is 4.66. The second-order valence-electron chi connectivity index (χ2n) is 8.43. The molecule has 1 fully saturated rings. The van der Waals surface area contributed by atoms with Crippen LogP contribution < -0.4 is 11.1 Å². The number of hydrogen-bond donors (Lipinski definition) is 2. The standard InChI is InChI=1S/C18H44N7/c1-21(2)10-7-13-24-16-20-17-25(18(24)19,14-8-11-22(3)4)15-9-12-23(5)6/h18,20H,7-17,19H2,1-6H3/q+1. The average molecular weight is 359 g/mol. The summed E-state index contributed by atoms with van der Waals surface area (Å²) in [6.07, 6.45) is 3.65. The largest absolute Gasteiger partial charge is 0.309 e. The molecule has 0 aromatic rings. The summed E-state index contributed by atoms with van der Waals surface area (Å²) < 4.78 is 0.976. The van der Waals surface area contributed by atoms with Gasteiger partial charge < -0.3 is 14.7 Å². The molecule has 7 heteroatoms. The molecule has 1 saturated heterocycles. The van der Waals surface area contributed by atoms with Gasteiger partial charge in [-0.2, -0.15) is 0 Å². The van der Waals surface area contributed by atoms with Crippen LogP contribution in [0.3, 0.4) is 0 Å². The molecule has 1 atom stereocenters. The Kier molecular flexibility index (Phi) is 10.4. The predicted molar refractivity (Wildman–Crippen MR) is 107 cm³/mol. The van der Waals surface area contributed by atoms with E-state index >= 15 is 0 Å². The summed E-state index contributed by atoms with van der Waals surface area (Å²) in [4.78, 5) is 9.24. The third kappa shape index (κ3) is 8.30. The summed E-state index contributed by atoms with van der Waals surface area (Å²) in [5.74, 6) is 0. The maximum absolute atomic E-state index is 6.83. The molecule has 1 aliphatic rings. The molecule has 7 nitrogen and oxygen atoms in total. The van der Waals surface area contributed by atoms with Crippen molar-refractivity contribution in [1.82, 2.24) is 24.9 Å². The van der Waals surface area contributed by atoms with Crippen LogP contribution in [-0.2, 0) is 0 Å². The Morgan fingerprint density at radius 3 is 1.84 bits per heavy atom. The Hall–Kier alpha value is -0.280. The maximum Gasteiger partial charge on any atom is 0.202 e. The molecule has 1 rings (SSSR count). The lowest BCUT2D eigenvalue weighted by molar-refractivity contribution is -0.970. The minimum Gasteiger partial charge on any atom is -0.309 e. The summed E-state index contributed by atoms with van der Waals surface area (Å²) in [6, 6.07) is 0. The van der Waals surface area contributed by atoms with Crippen LogP contribution in [0.2, 0.25) is 0 Å². The molecule has 0 bridgehead atoms. The lowest BCUT2D eigenvalue weighted by Gasteiger charge is -2.51. The Morgan fingerprint density at radius 2 is 1.36 bits per heavy atom. The molecule has 0 spiro atoms. The van der Waals surface area contributed by atoms with Crippen molar-refractivity contribution in [1.29, 1.82) is 0 Å². The fourth-order valence-electron chi connectivity index (χ4n) is 3.69. The van der Waals surface area contributed by atoms with E-state index in [1.807, 2.05) is 0 Å². The zero-order chi connectivity index (χ0) is 18.9. The van der Waals surface area contributed by atoms with E-state index in [0.29, 0.717) is 0 Å². The van der Waals surface area contributed by atoms with Crippen LogP contribution in [0.15, 0.2) is 0 Å². The second kappa shape index (κ2) is 11.4. The molecule has 150 valence electrons. The van der Waals surface area contributed by atoms with Gasteiger partial charge in [0.05, 0.1) is 19.8 Å². The molecule has 25 heavy (non-hydrogen) atoms. The normalized spacial score (nSPS) is 21.6. The van der Waals surface area contributed by atoms with Crippen molar-refractivity contribution in [3.05, 3.63) is 0 Å². The highest BCUT2D eigenvalue weighted by atomic mass is 15.6. The second-order valence-corrected chi connectivity index (χ2v) is 8.43. The Morgan fingerprint density at radius 1 is 0.880 bits per heavy atom. The molecule has 0 radical (unpaired) electrons. The monoisotopic (exact) mass is 358 g/mol. The van der Waals surface area contributed by atoms with Crippen molar-refractivity contribution in [3.63, 3.8) is 0 Å². The number of nitrogens with zero attached hydrogens (tertiary/aromatic N) is 5. The first-order valence-corrected chi connectivity index (χ1v) is 9.77. The molecule has 0 amide bonds. The van der Waals surface area contributed by atoms with Gasteiger partial charge >= 0.3 is 0 Å². The maximum atomic E-state index is 6.83. The Bertz CT molecular complexity index is 332. The molecule has 1 unspecified atom stereocenters. The smallest absolute Gasteiger partial charge is 0.202 e. The van der Waals surface area contributed by atoms with E-state index in [9.17, 15) is 0 Å². The average Bonchev–Trinajstić information content (AvgIpc) is 2.50. The van der Waals surface area contributed by atoms with Gasteiger partial charge in [0.15, 0.2) is 0 Å². The Labute approximate surface area is 156 Å². The van der Waals surface area contributed by atoms with E-state index < -0.39 is 0 Å². The van der Waals surface area contributed by atoms with Gasteiger partial charge in [0.2, 0.25) is 6.29 Å². The van der Waals surface area contributed by atoms with Crippen molar-refractivity contribution in [2.45, 2.75) is 25.6 Å². The first kappa shape index (κ1) is 22.8. The summed E-state index contributed by atoms with van der Waals surface area (Å²) in [7, 11) is 12.9. The van der Waals surface area contributed by atoms with E-state index in [4.69, 9.17) is 5.73 Å². The van der Waals surface area contributed by atoms with Gasteiger partial charge in [0.1, 0.15) is 6.67 Å². The van der Waals surface area contributed by atoms with Crippen LogP contribution in [0.25, 0.3) is 0 Å². The first-order chi connectivity index (χ1) is 11.8. The van der Waals surface area contributed by atoms with Gasteiger partial charge in [0.25, 0.3) is 0 Å². The minimum atomic E-state index is 0.104. The van der Waals surface area contributed by atoms with Crippen LogP contribution in [-0.4, -0.2) is 125 Å². The van der Waals surface area contributed by atoms with Gasteiger partial charge in [-0.3, -0.25) is 15.5 Å². The highest BCUT2D eigenvalue weighted by Gasteiger charge is 2.40. The lowest BCUT2D eigenvalue weighted by atomic mass is 10.2. The number of hydrogen-bond acceptors (Lipinski definition) is 6. The lowest BCUT2D eigenvalue weighted by Crippen LogP contribution is -2.74. The number of rotatable bonds is 12. The van der Waals surface area contributed by atoms with Crippen LogP contribution in [0.5, 0.6) is 0 Å². The highest BCUT2D eigenvalue weighted by Crippen LogP contribution is 2.19. The molecule has 3 N–H and O–H groups in total. The van der Waals surface area contributed by atoms with Gasteiger partial charge in [-0.15, -0.1) is 0 Å². The topological polar surface area (TPSA) is 51.0 Å². The summed E-state index contributed by atoms with van der Waals surface area (Å²) in [5.41, 5.74) is 6.83. The van der Waals surface area contributed by atoms with Crippen molar-refractivity contribution >= 4 is 0 Å². The van der Waals surface area contributed by atoms with Crippen LogP contribution in [0.1, 0.15) is 19.3 Å². The van der Waals surface area contributed by atoms with E-state index in [1.54, 1.807) is 0 Å². The first-order valence-electron chi connectivity index (χ1n) is 9.77. The zero-order valence-electron chi connectivity index (χ0n) is 17.7. The van der Waals surface area contributed by atoms with E-state index in [-0.39, 0.29) is 6.29 Å². The Balaban J connectivity index is 2.68. The molecule has 0 aliphatic carbocycles. The van der Waals surface area contributed by atoms with Crippen molar-refractivity contribution in [3.8, 4) is 0 Å². The molecular weight excluding hydrogens is 314 g/mol. The van der Waals surface area contributed by atoms with Crippen LogP contribution in [0, 0.1) is 0 Å². The third-order valence-electron chi connectivity index (χ3n) is 5.15. The van der Waals surface area contributed by atoms with E-state index in [2.05, 4.69) is 67.2 Å². The number of quaternary nitrogens is 1. The van der Waals surface area contributed by atoms with Crippen molar-refractivity contribution in [2.24, 2.45) is 5.73 Å². The van der Waals surface area contributed by atoms with Gasteiger partial charge in [-0.05, 0) is 55.3 Å². The zero-order valence-corrected chi connectivity index (χ0v) is 17.7. The summed E-state index contributed by atoms with van der Waals surface area (Å²) >= 11 is 0. The molecular formula is C18H44N7+. The molecule has 0 saturated carbocycles. The molecule has 1 heterocycles. The van der Waals surface area contributed by atoms with Gasteiger partial charge in [-0.1, -0.05) is 0 Å². The fraction of sp³-hybridized carbons (Fsp3) is 1.00. The van der Waals surface area contributed by atoms with Crippen LogP contribution in [0.4, 0.5) is 0 Å². The fourth-order valence-corrected chi connectivity index (χ4v) is 3.69. The third-order valence-corrected chi connectivity index (χ3v) is 5.15. The summed E-state index contributed by atoms with van der Waals surface area (Å²) in [6.45, 7) is 8.62. The molecule has 0 aromatic carbocycles. The number of nitrogens with one attached hydrogen (secondary N) is 1. The van der Waals surface area contributed by atoms with E-state index in [0.717, 1.165) is 63.5 Å². The molecule has 0 aromatic heterocycles. The SMILES string of the molecule is CN(C)CCCN1CNC[N+](CCCN(C)C)(CCCN(C)C)C1N.